The highest BCUT2D eigenvalue weighted by Gasteiger charge is 2.31. The molecule has 0 aromatic heterocycles. The smallest absolute Gasteiger partial charge is 0.270 e. The van der Waals surface area contributed by atoms with Crippen LogP contribution in [0.15, 0.2) is 0 Å². The quantitative estimate of drug-likeness (QED) is 0.131. The number of benzene rings is 1. The van der Waals surface area contributed by atoms with E-state index in [4.69, 9.17) is 21.8 Å². The largest absolute Gasteiger partial charge is 0.395 e. The van der Waals surface area contributed by atoms with Gasteiger partial charge in [0, 0.05) is 29.9 Å². The van der Waals surface area contributed by atoms with Crippen LogP contribution in [0.25, 0.3) is 0 Å². The zero-order valence-electron chi connectivity index (χ0n) is 14.1. The Morgan fingerprint density at radius 1 is 1.00 bits per heavy atom. The molecule has 1 aromatic rings. The Morgan fingerprint density at radius 2 is 1.56 bits per heavy atom. The summed E-state index contributed by atoms with van der Waals surface area (Å²) in [5, 5.41) is 21.9. The molecule has 0 aliphatic carbocycles. The number of nitrogens with zero attached hydrogens (tertiary/aromatic N) is 1. The first kappa shape index (κ1) is 25.2. The molecular weight excluding hydrogens is 718 g/mol. The van der Waals surface area contributed by atoms with Crippen molar-refractivity contribution in [2.75, 3.05) is 39.2 Å². The van der Waals surface area contributed by atoms with E-state index >= 15 is 0 Å². The van der Waals surface area contributed by atoms with Crippen molar-refractivity contribution in [3.63, 3.8) is 0 Å². The molecule has 0 heterocycles. The fourth-order valence-electron chi connectivity index (χ4n) is 2.17. The van der Waals surface area contributed by atoms with Crippen molar-refractivity contribution in [3.8, 4) is 0 Å². The Hall–Kier alpha value is 0.190. The Kier molecular flexibility index (Phi) is 11.2. The molecule has 150 valence electrons. The Balaban J connectivity index is 3.74. The van der Waals surface area contributed by atoms with Crippen LogP contribution in [0.2, 0.25) is 0 Å². The van der Waals surface area contributed by atoms with Gasteiger partial charge in [0.1, 0.15) is 0 Å². The van der Waals surface area contributed by atoms with Gasteiger partial charge in [0.2, 0.25) is 0 Å². The minimum absolute atomic E-state index is 0.0261. The van der Waals surface area contributed by atoms with Gasteiger partial charge in [-0.1, -0.05) is 0 Å². The number of carbonyl (C=O) groups excluding carboxylic acids is 3. The number of hydrazine groups is 1. The molecule has 0 bridgehead atoms. The lowest BCUT2D eigenvalue weighted by Gasteiger charge is -2.24. The van der Waals surface area contributed by atoms with E-state index in [0.717, 1.165) is 0 Å². The third-order valence-corrected chi connectivity index (χ3v) is 6.87. The van der Waals surface area contributed by atoms with Crippen molar-refractivity contribution >= 4 is 97.0 Å². The second-order valence-corrected chi connectivity index (χ2v) is 8.51. The maximum atomic E-state index is 13.0. The summed E-state index contributed by atoms with van der Waals surface area (Å²) < 4.78 is 1.14. The van der Waals surface area contributed by atoms with E-state index in [0.29, 0.717) is 10.7 Å². The third-order valence-electron chi connectivity index (χ3n) is 3.39. The predicted molar refractivity (Wildman–Crippen MR) is 126 cm³/mol. The molecule has 0 atom stereocenters. The van der Waals surface area contributed by atoms with E-state index in [1.54, 1.807) is 0 Å². The zero-order valence-corrected chi connectivity index (χ0v) is 21.3. The second kappa shape index (κ2) is 12.0. The summed E-state index contributed by atoms with van der Waals surface area (Å²) in [6.07, 6.45) is 0. The lowest BCUT2D eigenvalue weighted by Crippen LogP contribution is -2.43. The number of hydrogen-bond donors (Lipinski definition) is 4. The molecule has 0 fully saturated rings. The highest BCUT2D eigenvalue weighted by atomic mass is 127. The number of halogens is 4. The van der Waals surface area contributed by atoms with E-state index in [2.05, 4.69) is 10.7 Å². The monoisotopic (exact) mass is 735 g/mol. The van der Waals surface area contributed by atoms with Crippen LogP contribution in [0.1, 0.15) is 31.1 Å². The highest BCUT2D eigenvalue weighted by Crippen LogP contribution is 2.33. The Labute approximate surface area is 202 Å². The normalized spacial score (nSPS) is 10.6. The molecule has 27 heavy (non-hydrogen) atoms. The summed E-state index contributed by atoms with van der Waals surface area (Å²) in [6.45, 7) is -0.446. The number of ketones is 1. The zero-order chi connectivity index (χ0) is 20.7. The van der Waals surface area contributed by atoms with Gasteiger partial charge in [-0.2, -0.15) is 0 Å². The third kappa shape index (κ3) is 5.85. The van der Waals surface area contributed by atoms with Gasteiger partial charge in [-0.05, 0) is 67.8 Å². The molecule has 8 nitrogen and oxygen atoms in total. The summed E-state index contributed by atoms with van der Waals surface area (Å²) >= 11 is 11.4. The van der Waals surface area contributed by atoms with Crippen LogP contribution in [-0.4, -0.2) is 72.1 Å². The van der Waals surface area contributed by atoms with Gasteiger partial charge in [-0.3, -0.25) is 19.4 Å². The Morgan fingerprint density at radius 3 is 2.04 bits per heavy atom. The fraction of sp³-hybridized carbons (Fsp3) is 0.400. The van der Waals surface area contributed by atoms with E-state index < -0.39 is 17.6 Å². The lowest BCUT2D eigenvalue weighted by molar-refractivity contribution is 0.0635. The summed E-state index contributed by atoms with van der Waals surface area (Å²) in [6, 6.07) is 0. The number of Topliss-reactive ketones (excluding diaryl/α,β-unsaturated/α-hetero) is 1. The van der Waals surface area contributed by atoms with Gasteiger partial charge < -0.3 is 15.5 Å². The van der Waals surface area contributed by atoms with Crippen molar-refractivity contribution in [2.45, 2.75) is 0 Å². The molecule has 1 aromatic carbocycles. The molecular formula is C15H17ClI3N3O5. The van der Waals surface area contributed by atoms with Crippen molar-refractivity contribution in [1.82, 2.24) is 15.8 Å². The standard InChI is InChI=1S/C15H17ClI3N3O5/c1-20-22(3-5-24)15(27)10-12(18)8(7(25)6-16)11(17)9(13(10)19)14(26)21-2-4-23/h20,23-24H,2-6H2,1H3,(H,21,26). The van der Waals surface area contributed by atoms with Crippen LogP contribution < -0.4 is 10.7 Å². The maximum absolute atomic E-state index is 13.0. The van der Waals surface area contributed by atoms with Gasteiger partial charge in [0.05, 0.1) is 36.8 Å². The van der Waals surface area contributed by atoms with Gasteiger partial charge in [-0.25, -0.2) is 5.43 Å². The summed E-state index contributed by atoms with van der Waals surface area (Å²) in [4.78, 5) is 38.0. The minimum atomic E-state index is -0.509. The van der Waals surface area contributed by atoms with Crippen molar-refractivity contribution in [3.05, 3.63) is 27.4 Å². The number of alkyl halides is 1. The van der Waals surface area contributed by atoms with Gasteiger partial charge in [0.25, 0.3) is 11.8 Å². The number of hydrogen-bond acceptors (Lipinski definition) is 6. The summed E-state index contributed by atoms with van der Waals surface area (Å²) in [5.74, 6) is -1.71. The molecule has 0 saturated heterocycles. The minimum Gasteiger partial charge on any atom is -0.395 e. The Bertz CT molecular complexity index is 748. The number of amides is 2. The van der Waals surface area contributed by atoms with E-state index in [1.165, 1.54) is 12.1 Å². The van der Waals surface area contributed by atoms with Crippen LogP contribution in [0, 0.1) is 10.7 Å². The van der Waals surface area contributed by atoms with E-state index in [1.807, 2.05) is 67.8 Å². The molecule has 0 unspecified atom stereocenters. The number of nitrogens with one attached hydrogen (secondary N) is 2. The van der Waals surface area contributed by atoms with Gasteiger partial charge >= 0.3 is 0 Å². The van der Waals surface area contributed by atoms with Crippen molar-refractivity contribution in [1.29, 1.82) is 0 Å². The van der Waals surface area contributed by atoms with Gasteiger partial charge in [0.15, 0.2) is 5.78 Å². The van der Waals surface area contributed by atoms with E-state index in [-0.39, 0.29) is 48.9 Å². The lowest BCUT2D eigenvalue weighted by atomic mass is 10.0. The van der Waals surface area contributed by atoms with Crippen LogP contribution >= 0.6 is 79.4 Å². The molecule has 0 radical (unpaired) electrons. The first-order chi connectivity index (χ1) is 12.8. The predicted octanol–water partition coefficient (Wildman–Crippen LogP) is 1.21. The topological polar surface area (TPSA) is 119 Å². The molecule has 4 N–H and O–H groups in total. The average molecular weight is 735 g/mol. The molecule has 1 rings (SSSR count). The molecule has 12 heteroatoms. The number of rotatable bonds is 9. The van der Waals surface area contributed by atoms with Crippen LogP contribution in [0.5, 0.6) is 0 Å². The van der Waals surface area contributed by atoms with Crippen molar-refractivity contribution < 1.29 is 24.6 Å². The van der Waals surface area contributed by atoms with E-state index in [9.17, 15) is 14.4 Å². The summed E-state index contributed by atoms with van der Waals surface area (Å²) in [7, 11) is 1.53. The summed E-state index contributed by atoms with van der Waals surface area (Å²) in [5.41, 5.74) is 3.22. The highest BCUT2D eigenvalue weighted by molar-refractivity contribution is 14.1. The fourth-order valence-corrected chi connectivity index (χ4v) is 7.02. The molecule has 0 aliphatic rings. The second-order valence-electron chi connectivity index (χ2n) is 5.01. The molecule has 2 amide bonds. The van der Waals surface area contributed by atoms with Crippen LogP contribution in [0.4, 0.5) is 0 Å². The number of aliphatic hydroxyl groups is 2. The van der Waals surface area contributed by atoms with Gasteiger partial charge in [-0.15, -0.1) is 11.6 Å². The number of carbonyl (C=O) groups is 3. The first-order valence-corrected chi connectivity index (χ1v) is 11.3. The average Bonchev–Trinajstić information content (AvgIpc) is 2.63. The number of aliphatic hydroxyl groups excluding tert-OH is 2. The maximum Gasteiger partial charge on any atom is 0.270 e. The SMILES string of the molecule is CNN(CCO)C(=O)c1c(I)c(C(=O)CCl)c(I)c(C(=O)NCCO)c1I. The van der Waals surface area contributed by atoms with Crippen LogP contribution in [-0.2, 0) is 0 Å². The molecule has 0 spiro atoms. The van der Waals surface area contributed by atoms with Crippen LogP contribution in [0.3, 0.4) is 0 Å². The molecule has 0 saturated carbocycles. The van der Waals surface area contributed by atoms with Crippen molar-refractivity contribution in [2.24, 2.45) is 0 Å². The first-order valence-electron chi connectivity index (χ1n) is 7.55. The molecule has 0 aliphatic heterocycles.